The highest BCUT2D eigenvalue weighted by Crippen LogP contribution is 2.24. The van der Waals surface area contributed by atoms with Gasteiger partial charge in [0.1, 0.15) is 11.6 Å². The fourth-order valence-electron chi connectivity index (χ4n) is 1.84. The Morgan fingerprint density at radius 2 is 2.00 bits per heavy atom. The number of halogens is 2. The minimum atomic E-state index is 0. The maximum absolute atomic E-state index is 6.16. The van der Waals surface area contributed by atoms with Crippen LogP contribution in [0.2, 0.25) is 5.02 Å². The zero-order valence-corrected chi connectivity index (χ0v) is 13.0. The van der Waals surface area contributed by atoms with Gasteiger partial charge in [0.15, 0.2) is 0 Å². The molecule has 2 aromatic rings. The molecule has 0 fully saturated rings. The Bertz CT molecular complexity index is 566. The largest absolute Gasteiger partial charge is 0.311 e. The summed E-state index contributed by atoms with van der Waals surface area (Å²) in [6.07, 6.45) is 0. The van der Waals surface area contributed by atoms with Crippen LogP contribution < -0.4 is 5.32 Å². The molecule has 0 aliphatic rings. The summed E-state index contributed by atoms with van der Waals surface area (Å²) < 4.78 is 1.86. The predicted molar refractivity (Wildman–Crippen MR) is 80.6 cm³/mol. The third kappa shape index (κ3) is 3.08. The summed E-state index contributed by atoms with van der Waals surface area (Å²) in [7, 11) is 1.91. The lowest BCUT2D eigenvalue weighted by Gasteiger charge is -2.13. The van der Waals surface area contributed by atoms with Crippen LogP contribution in [0.5, 0.6) is 0 Å². The van der Waals surface area contributed by atoms with Crippen LogP contribution >= 0.6 is 24.0 Å². The molecule has 0 bridgehead atoms. The van der Waals surface area contributed by atoms with Crippen LogP contribution in [0, 0.1) is 13.8 Å². The average molecular weight is 301 g/mol. The van der Waals surface area contributed by atoms with Gasteiger partial charge in [-0.15, -0.1) is 12.4 Å². The SMILES string of the molecule is CN[C@@H](C)c1nc(C)nn1-c1cccc(Cl)c1C.Cl. The summed E-state index contributed by atoms with van der Waals surface area (Å²) in [5, 5.41) is 8.38. The molecule has 0 aliphatic carbocycles. The van der Waals surface area contributed by atoms with Gasteiger partial charge in [-0.25, -0.2) is 9.67 Å². The minimum absolute atomic E-state index is 0. The van der Waals surface area contributed by atoms with Gasteiger partial charge in [0.2, 0.25) is 0 Å². The van der Waals surface area contributed by atoms with Crippen molar-refractivity contribution in [3.05, 3.63) is 40.4 Å². The molecule has 1 N–H and O–H groups in total. The molecule has 1 atom stereocenters. The number of aromatic nitrogens is 3. The molecule has 0 spiro atoms. The smallest absolute Gasteiger partial charge is 0.149 e. The number of hydrogen-bond donors (Lipinski definition) is 1. The molecule has 6 heteroatoms. The molecule has 1 aromatic carbocycles. The van der Waals surface area contributed by atoms with Crippen LogP contribution in [0.3, 0.4) is 0 Å². The topological polar surface area (TPSA) is 42.7 Å². The number of nitrogens with zero attached hydrogens (tertiary/aromatic N) is 3. The highest BCUT2D eigenvalue weighted by molar-refractivity contribution is 6.31. The van der Waals surface area contributed by atoms with Crippen molar-refractivity contribution in [1.29, 1.82) is 0 Å². The minimum Gasteiger partial charge on any atom is -0.311 e. The van der Waals surface area contributed by atoms with E-state index in [1.807, 2.05) is 43.8 Å². The molecule has 19 heavy (non-hydrogen) atoms. The van der Waals surface area contributed by atoms with E-state index in [-0.39, 0.29) is 18.4 Å². The first-order valence-corrected chi connectivity index (χ1v) is 6.28. The monoisotopic (exact) mass is 300 g/mol. The van der Waals surface area contributed by atoms with Crippen LogP contribution in [0.4, 0.5) is 0 Å². The van der Waals surface area contributed by atoms with Crippen molar-refractivity contribution in [2.45, 2.75) is 26.8 Å². The highest BCUT2D eigenvalue weighted by Gasteiger charge is 2.16. The van der Waals surface area contributed by atoms with Crippen molar-refractivity contribution in [2.75, 3.05) is 7.05 Å². The van der Waals surface area contributed by atoms with E-state index in [4.69, 9.17) is 11.6 Å². The Morgan fingerprint density at radius 3 is 2.63 bits per heavy atom. The summed E-state index contributed by atoms with van der Waals surface area (Å²) in [5.74, 6) is 1.65. The third-order valence-electron chi connectivity index (χ3n) is 3.03. The molecular weight excluding hydrogens is 283 g/mol. The molecule has 0 radical (unpaired) electrons. The number of hydrogen-bond acceptors (Lipinski definition) is 3. The molecule has 2 rings (SSSR count). The Kier molecular flexibility index (Phi) is 5.35. The summed E-state index contributed by atoms with van der Waals surface area (Å²) in [6.45, 7) is 5.94. The zero-order chi connectivity index (χ0) is 13.3. The van der Waals surface area contributed by atoms with Crippen LogP contribution in [0.25, 0.3) is 5.69 Å². The molecule has 0 unspecified atom stereocenters. The first kappa shape index (κ1) is 16.0. The van der Waals surface area contributed by atoms with E-state index in [0.29, 0.717) is 0 Å². The van der Waals surface area contributed by atoms with Crippen molar-refractivity contribution < 1.29 is 0 Å². The Labute approximate surface area is 124 Å². The second-order valence-corrected chi connectivity index (χ2v) is 4.73. The van der Waals surface area contributed by atoms with Crippen LogP contribution in [-0.4, -0.2) is 21.8 Å². The predicted octanol–water partition coefficient (Wildman–Crippen LogP) is 3.24. The number of rotatable bonds is 3. The lowest BCUT2D eigenvalue weighted by atomic mass is 10.2. The van der Waals surface area contributed by atoms with Gasteiger partial charge in [-0.1, -0.05) is 17.7 Å². The van der Waals surface area contributed by atoms with Gasteiger partial charge < -0.3 is 5.32 Å². The van der Waals surface area contributed by atoms with Crippen molar-refractivity contribution in [2.24, 2.45) is 0 Å². The Hall–Kier alpha value is -1.10. The van der Waals surface area contributed by atoms with E-state index in [9.17, 15) is 0 Å². The summed E-state index contributed by atoms with van der Waals surface area (Å²) >= 11 is 6.16. The summed E-state index contributed by atoms with van der Waals surface area (Å²) in [4.78, 5) is 4.47. The van der Waals surface area contributed by atoms with E-state index in [2.05, 4.69) is 22.3 Å². The Morgan fingerprint density at radius 1 is 1.32 bits per heavy atom. The lowest BCUT2D eigenvalue weighted by molar-refractivity contribution is 0.588. The van der Waals surface area contributed by atoms with Crippen molar-refractivity contribution >= 4 is 24.0 Å². The second-order valence-electron chi connectivity index (χ2n) is 4.32. The standard InChI is InChI=1S/C13H17ClN4.ClH/c1-8-11(14)6-5-7-12(8)18-13(9(2)15-4)16-10(3)17-18;/h5-7,9,15H,1-4H3;1H/t9-;/m0./s1. The summed E-state index contributed by atoms with van der Waals surface area (Å²) in [6, 6.07) is 5.94. The van der Waals surface area contributed by atoms with Gasteiger partial charge in [0.05, 0.1) is 11.7 Å². The highest BCUT2D eigenvalue weighted by atomic mass is 35.5. The second kappa shape index (κ2) is 6.37. The summed E-state index contributed by atoms with van der Waals surface area (Å²) in [5.41, 5.74) is 1.98. The fourth-order valence-corrected chi connectivity index (χ4v) is 2.01. The molecular formula is C13H18Cl2N4. The molecule has 0 aliphatic heterocycles. The molecule has 104 valence electrons. The van der Waals surface area contributed by atoms with Gasteiger partial charge in [-0.3, -0.25) is 0 Å². The number of aryl methyl sites for hydroxylation is 1. The van der Waals surface area contributed by atoms with E-state index < -0.39 is 0 Å². The number of nitrogens with one attached hydrogen (secondary N) is 1. The van der Waals surface area contributed by atoms with E-state index in [1.54, 1.807) is 0 Å². The first-order valence-electron chi connectivity index (χ1n) is 5.91. The first-order chi connectivity index (χ1) is 8.54. The van der Waals surface area contributed by atoms with Crippen LogP contribution in [0.1, 0.15) is 30.2 Å². The molecule has 4 nitrogen and oxygen atoms in total. The zero-order valence-electron chi connectivity index (χ0n) is 11.4. The maximum Gasteiger partial charge on any atom is 0.149 e. The van der Waals surface area contributed by atoms with Crippen molar-refractivity contribution in [1.82, 2.24) is 20.1 Å². The van der Waals surface area contributed by atoms with Crippen LogP contribution in [0.15, 0.2) is 18.2 Å². The normalized spacial score (nSPS) is 12.1. The lowest BCUT2D eigenvalue weighted by Crippen LogP contribution is -2.18. The quantitative estimate of drug-likeness (QED) is 0.946. The van der Waals surface area contributed by atoms with E-state index >= 15 is 0 Å². The molecule has 1 aromatic heterocycles. The van der Waals surface area contributed by atoms with Gasteiger partial charge >= 0.3 is 0 Å². The molecule has 0 amide bonds. The van der Waals surface area contributed by atoms with Crippen LogP contribution in [-0.2, 0) is 0 Å². The van der Waals surface area contributed by atoms with Gasteiger partial charge in [0.25, 0.3) is 0 Å². The molecule has 1 heterocycles. The van der Waals surface area contributed by atoms with Gasteiger partial charge in [-0.2, -0.15) is 5.10 Å². The van der Waals surface area contributed by atoms with E-state index in [0.717, 1.165) is 27.9 Å². The number of benzene rings is 1. The Balaban J connectivity index is 0.00000180. The third-order valence-corrected chi connectivity index (χ3v) is 3.44. The van der Waals surface area contributed by atoms with Crippen molar-refractivity contribution in [3.8, 4) is 5.69 Å². The van der Waals surface area contributed by atoms with Gasteiger partial charge in [-0.05, 0) is 45.5 Å². The molecule has 0 saturated heterocycles. The fraction of sp³-hybridized carbons (Fsp3) is 0.385. The maximum atomic E-state index is 6.16. The van der Waals surface area contributed by atoms with E-state index in [1.165, 1.54) is 0 Å². The van der Waals surface area contributed by atoms with Crippen molar-refractivity contribution in [3.63, 3.8) is 0 Å². The average Bonchev–Trinajstić information content (AvgIpc) is 2.73. The molecule has 0 saturated carbocycles. The van der Waals surface area contributed by atoms with Gasteiger partial charge in [0, 0.05) is 5.02 Å².